The molecule has 0 rings (SSSR count). The fourth-order valence-electron chi connectivity index (χ4n) is 1.15. The van der Waals surface area contributed by atoms with Crippen molar-refractivity contribution in [3.63, 3.8) is 0 Å². The highest BCUT2D eigenvalue weighted by atomic mass is 16.5. The highest BCUT2D eigenvalue weighted by Gasteiger charge is 2.16. The lowest BCUT2D eigenvalue weighted by Gasteiger charge is -2.27. The first kappa shape index (κ1) is 14.2. The van der Waals surface area contributed by atoms with Gasteiger partial charge in [0.2, 0.25) is 0 Å². The molecule has 0 aliphatic rings. The maximum absolute atomic E-state index is 11.0. The number of hydrogen-bond donors (Lipinski definition) is 1. The molecule has 0 saturated heterocycles. The Bertz CT molecular complexity index is 208. The lowest BCUT2D eigenvalue weighted by Crippen LogP contribution is -2.41. The van der Waals surface area contributed by atoms with Gasteiger partial charge in [-0.3, -0.25) is 0 Å². The van der Waals surface area contributed by atoms with E-state index >= 15 is 0 Å². The maximum Gasteiger partial charge on any atom is 0.330 e. The number of nitrogens with one attached hydrogen (secondary N) is 1. The van der Waals surface area contributed by atoms with Crippen LogP contribution in [0.2, 0.25) is 0 Å². The summed E-state index contributed by atoms with van der Waals surface area (Å²) in [5, 5.41) is 3.40. The van der Waals surface area contributed by atoms with Crippen molar-refractivity contribution < 1.29 is 9.53 Å². The first-order chi connectivity index (χ1) is 7.08. The third kappa shape index (κ3) is 6.28. The van der Waals surface area contributed by atoms with Gasteiger partial charge < -0.3 is 10.1 Å². The van der Waals surface area contributed by atoms with Crippen molar-refractivity contribution in [3.05, 3.63) is 12.2 Å². The van der Waals surface area contributed by atoms with Crippen LogP contribution in [-0.4, -0.2) is 24.7 Å². The van der Waals surface area contributed by atoms with Gasteiger partial charge in [0.15, 0.2) is 0 Å². The Hall–Kier alpha value is -0.830. The molecule has 15 heavy (non-hydrogen) atoms. The Balaban J connectivity index is 3.82. The molecule has 0 spiro atoms. The highest BCUT2D eigenvalue weighted by Crippen LogP contribution is 2.12. The van der Waals surface area contributed by atoms with E-state index in [1.54, 1.807) is 6.92 Å². The molecule has 3 heteroatoms. The predicted octanol–water partition coefficient (Wildman–Crippen LogP) is 2.27. The van der Waals surface area contributed by atoms with E-state index in [2.05, 4.69) is 26.1 Å². The van der Waals surface area contributed by atoms with Crippen molar-refractivity contribution in [1.29, 1.82) is 0 Å². The van der Waals surface area contributed by atoms with Gasteiger partial charge in [-0.1, -0.05) is 19.9 Å². The summed E-state index contributed by atoms with van der Waals surface area (Å²) in [4.78, 5) is 11.0. The van der Waals surface area contributed by atoms with Gasteiger partial charge in [-0.2, -0.15) is 0 Å². The molecule has 0 aromatic heterocycles. The van der Waals surface area contributed by atoms with Gasteiger partial charge in [-0.15, -0.1) is 0 Å². The molecule has 3 nitrogen and oxygen atoms in total. The summed E-state index contributed by atoms with van der Waals surface area (Å²) in [6, 6.07) is 0. The van der Waals surface area contributed by atoms with Gasteiger partial charge in [-0.05, 0) is 26.7 Å². The molecule has 0 aliphatic carbocycles. The molecule has 0 aromatic carbocycles. The van der Waals surface area contributed by atoms with E-state index in [0.29, 0.717) is 13.2 Å². The molecule has 0 unspecified atom stereocenters. The lowest BCUT2D eigenvalue weighted by molar-refractivity contribution is -0.137. The molecular weight excluding hydrogens is 190 g/mol. The Morgan fingerprint density at radius 2 is 1.93 bits per heavy atom. The largest absolute Gasteiger partial charge is 0.463 e. The molecule has 0 atom stereocenters. The van der Waals surface area contributed by atoms with Crippen molar-refractivity contribution in [2.24, 2.45) is 0 Å². The quantitative estimate of drug-likeness (QED) is 0.521. The van der Waals surface area contributed by atoms with Crippen LogP contribution >= 0.6 is 0 Å². The second-order valence-electron chi connectivity index (χ2n) is 3.80. The van der Waals surface area contributed by atoms with Crippen LogP contribution in [0.5, 0.6) is 0 Å². The average molecular weight is 213 g/mol. The van der Waals surface area contributed by atoms with Gasteiger partial charge >= 0.3 is 5.97 Å². The number of ether oxygens (including phenoxy) is 1. The van der Waals surface area contributed by atoms with E-state index in [9.17, 15) is 4.79 Å². The second-order valence-corrected chi connectivity index (χ2v) is 3.80. The number of hydrogen-bond acceptors (Lipinski definition) is 3. The smallest absolute Gasteiger partial charge is 0.330 e. The van der Waals surface area contributed by atoms with Crippen LogP contribution in [0.4, 0.5) is 0 Å². The van der Waals surface area contributed by atoms with Gasteiger partial charge in [0.25, 0.3) is 0 Å². The molecule has 0 radical (unpaired) electrons. The molecule has 0 aromatic rings. The van der Waals surface area contributed by atoms with Crippen molar-refractivity contribution in [1.82, 2.24) is 5.32 Å². The van der Waals surface area contributed by atoms with Gasteiger partial charge in [0, 0.05) is 18.2 Å². The average Bonchev–Trinajstić information content (AvgIpc) is 2.24. The van der Waals surface area contributed by atoms with E-state index < -0.39 is 0 Å². The summed E-state index contributed by atoms with van der Waals surface area (Å²) in [6.45, 7) is 9.44. The molecule has 0 saturated carbocycles. The zero-order valence-corrected chi connectivity index (χ0v) is 10.3. The minimum Gasteiger partial charge on any atom is -0.463 e. The first-order valence-electron chi connectivity index (χ1n) is 5.66. The molecule has 0 aliphatic heterocycles. The molecule has 88 valence electrons. The number of rotatable bonds is 7. The van der Waals surface area contributed by atoms with Crippen LogP contribution < -0.4 is 5.32 Å². The number of esters is 1. The molecule has 0 bridgehead atoms. The van der Waals surface area contributed by atoms with Crippen molar-refractivity contribution in [2.45, 2.75) is 46.1 Å². The lowest BCUT2D eigenvalue weighted by atomic mass is 9.96. The predicted molar refractivity (Wildman–Crippen MR) is 62.8 cm³/mol. The third-order valence-corrected chi connectivity index (χ3v) is 2.75. The van der Waals surface area contributed by atoms with Crippen LogP contribution in [0.1, 0.15) is 40.5 Å². The normalized spacial score (nSPS) is 12.0. The maximum atomic E-state index is 11.0. The Morgan fingerprint density at radius 1 is 1.33 bits per heavy atom. The van der Waals surface area contributed by atoms with E-state index in [1.807, 2.05) is 6.08 Å². The Kier molecular flexibility index (Phi) is 7.05. The van der Waals surface area contributed by atoms with Crippen LogP contribution in [-0.2, 0) is 9.53 Å². The molecular formula is C12H23NO2. The summed E-state index contributed by atoms with van der Waals surface area (Å²) in [5.41, 5.74) is 0.166. The summed E-state index contributed by atoms with van der Waals surface area (Å²) in [5.74, 6) is -0.269. The van der Waals surface area contributed by atoms with Crippen molar-refractivity contribution in [3.8, 4) is 0 Å². The van der Waals surface area contributed by atoms with Gasteiger partial charge in [-0.25, -0.2) is 4.79 Å². The summed E-state index contributed by atoms with van der Waals surface area (Å²) in [7, 11) is 0. The summed E-state index contributed by atoms with van der Waals surface area (Å²) in [6.07, 6.45) is 5.44. The zero-order valence-electron chi connectivity index (χ0n) is 10.3. The van der Waals surface area contributed by atoms with Crippen LogP contribution in [0.25, 0.3) is 0 Å². The fourth-order valence-corrected chi connectivity index (χ4v) is 1.15. The van der Waals surface area contributed by atoms with E-state index in [4.69, 9.17) is 4.74 Å². The molecule has 1 N–H and O–H groups in total. The molecule has 0 heterocycles. The molecule has 0 fully saturated rings. The van der Waals surface area contributed by atoms with Crippen LogP contribution in [0, 0.1) is 0 Å². The summed E-state index contributed by atoms with van der Waals surface area (Å²) >= 11 is 0. The number of carbonyl (C=O) groups is 1. The van der Waals surface area contributed by atoms with E-state index in [0.717, 1.165) is 12.8 Å². The monoisotopic (exact) mass is 213 g/mol. The van der Waals surface area contributed by atoms with Crippen LogP contribution in [0.15, 0.2) is 12.2 Å². The SMILES string of the molecule is CCOC(=O)/C=C/CNC(C)(CC)CC. The van der Waals surface area contributed by atoms with Crippen molar-refractivity contribution in [2.75, 3.05) is 13.2 Å². The van der Waals surface area contributed by atoms with Gasteiger partial charge in [0.1, 0.15) is 0 Å². The summed E-state index contributed by atoms with van der Waals surface area (Å²) < 4.78 is 4.77. The highest BCUT2D eigenvalue weighted by molar-refractivity contribution is 5.81. The Morgan fingerprint density at radius 3 is 2.40 bits per heavy atom. The number of carbonyl (C=O) groups excluding carboxylic acids is 1. The third-order valence-electron chi connectivity index (χ3n) is 2.75. The fraction of sp³-hybridized carbons (Fsp3) is 0.750. The Labute approximate surface area is 92.9 Å². The minimum absolute atomic E-state index is 0.166. The zero-order chi connectivity index (χ0) is 11.7. The standard InChI is InChI=1S/C12H23NO2/c1-5-12(4,6-2)13-10-8-9-11(14)15-7-3/h8-9,13H,5-7,10H2,1-4H3/b9-8+. The molecule has 0 amide bonds. The van der Waals surface area contributed by atoms with Gasteiger partial charge in [0.05, 0.1) is 6.61 Å². The van der Waals surface area contributed by atoms with E-state index in [1.165, 1.54) is 6.08 Å². The minimum atomic E-state index is -0.269. The first-order valence-corrected chi connectivity index (χ1v) is 5.66. The van der Waals surface area contributed by atoms with Crippen LogP contribution in [0.3, 0.4) is 0 Å². The van der Waals surface area contributed by atoms with E-state index in [-0.39, 0.29) is 11.5 Å². The second kappa shape index (κ2) is 7.46. The topological polar surface area (TPSA) is 38.3 Å². The van der Waals surface area contributed by atoms with Crippen molar-refractivity contribution >= 4 is 5.97 Å².